The molecular formula is C39H68N3O2Si. The van der Waals surface area contributed by atoms with Gasteiger partial charge in [-0.15, -0.1) is 0 Å². The van der Waals surface area contributed by atoms with Gasteiger partial charge in [0.1, 0.15) is 6.33 Å². The van der Waals surface area contributed by atoms with E-state index >= 15 is 0 Å². The van der Waals surface area contributed by atoms with Crippen molar-refractivity contribution in [2.24, 2.45) is 40.4 Å². The molecule has 255 valence electrons. The van der Waals surface area contributed by atoms with Gasteiger partial charge in [0.2, 0.25) is 14.9 Å². The number of hydrogen-bond donors (Lipinski definition) is 1. The molecule has 4 rings (SSSR count). The highest BCUT2D eigenvalue weighted by molar-refractivity contribution is 6.56. The molecule has 3 saturated carbocycles. The second-order valence-corrected chi connectivity index (χ2v) is 21.1. The highest BCUT2D eigenvalue weighted by Gasteiger charge is 2.60. The maximum Gasteiger partial charge on any atom is 0.220 e. The molecule has 1 aromatic rings. The Labute approximate surface area is 279 Å². The molecule has 45 heavy (non-hydrogen) atoms. The SMILES string of the molecule is CC(C)[Si](O[C@H]1CC[C@]2(C)C3CC[C@@H](C)[C@@H](CCC(=O)NCCCCCCCc4ccncn4)C3CCC2C1(C)C)C(C)(C)C. The highest BCUT2D eigenvalue weighted by Crippen LogP contribution is 2.66. The number of unbranched alkanes of at least 4 members (excludes halogenated alkanes) is 4. The first kappa shape index (κ1) is 36.6. The molecule has 1 N–H and O–H groups in total. The summed E-state index contributed by atoms with van der Waals surface area (Å²) in [6.07, 6.45) is 20.4. The van der Waals surface area contributed by atoms with Crippen LogP contribution in [0.2, 0.25) is 10.6 Å². The molecule has 7 atom stereocenters. The summed E-state index contributed by atoms with van der Waals surface area (Å²) in [5.74, 6) is 4.00. The largest absolute Gasteiger partial charge is 0.412 e. The van der Waals surface area contributed by atoms with Gasteiger partial charge in [-0.1, -0.05) is 88.0 Å². The molecule has 3 fully saturated rings. The molecule has 6 heteroatoms. The van der Waals surface area contributed by atoms with E-state index in [4.69, 9.17) is 4.43 Å². The molecule has 1 aromatic heterocycles. The Morgan fingerprint density at radius 2 is 1.78 bits per heavy atom. The lowest BCUT2D eigenvalue weighted by Crippen LogP contribution is -2.59. The zero-order chi connectivity index (χ0) is 32.8. The normalized spacial score (nSPS) is 31.4. The van der Waals surface area contributed by atoms with Crippen LogP contribution in [0.15, 0.2) is 18.6 Å². The zero-order valence-corrected chi connectivity index (χ0v) is 31.6. The van der Waals surface area contributed by atoms with E-state index in [0.717, 1.165) is 55.2 Å². The van der Waals surface area contributed by atoms with Gasteiger partial charge in [0.05, 0.1) is 6.10 Å². The number of amides is 1. The number of nitrogens with one attached hydrogen (secondary N) is 1. The van der Waals surface area contributed by atoms with Crippen LogP contribution in [0.1, 0.15) is 151 Å². The average Bonchev–Trinajstić information content (AvgIpc) is 2.97. The van der Waals surface area contributed by atoms with Crippen molar-refractivity contribution < 1.29 is 9.22 Å². The minimum Gasteiger partial charge on any atom is -0.412 e. The van der Waals surface area contributed by atoms with E-state index in [1.807, 2.05) is 12.3 Å². The van der Waals surface area contributed by atoms with Crippen molar-refractivity contribution in [1.29, 1.82) is 0 Å². The molecule has 0 saturated heterocycles. The van der Waals surface area contributed by atoms with Crippen molar-refractivity contribution in [3.8, 4) is 0 Å². The number of fused-ring (bicyclic) bond motifs is 3. The number of rotatable bonds is 14. The number of nitrogens with zero attached hydrogens (tertiary/aromatic N) is 2. The van der Waals surface area contributed by atoms with Gasteiger partial charge >= 0.3 is 0 Å². The number of aromatic nitrogens is 2. The molecule has 3 unspecified atom stereocenters. The smallest absolute Gasteiger partial charge is 0.220 e. The Balaban J connectivity index is 1.24. The first-order valence-electron chi connectivity index (χ1n) is 18.8. The van der Waals surface area contributed by atoms with E-state index in [-0.39, 0.29) is 16.4 Å². The average molecular weight is 639 g/mol. The lowest BCUT2D eigenvalue weighted by atomic mass is 9.42. The minimum atomic E-state index is -0.922. The van der Waals surface area contributed by atoms with Crippen LogP contribution in [0.25, 0.3) is 0 Å². The molecule has 1 heterocycles. The molecule has 3 aliphatic rings. The van der Waals surface area contributed by atoms with Crippen LogP contribution in [-0.2, 0) is 15.6 Å². The first-order chi connectivity index (χ1) is 21.2. The molecule has 0 spiro atoms. The van der Waals surface area contributed by atoms with Crippen LogP contribution in [0.3, 0.4) is 0 Å². The Hall–Kier alpha value is -1.27. The molecule has 1 amide bonds. The molecule has 0 aliphatic heterocycles. The Bertz CT molecular complexity index is 1060. The van der Waals surface area contributed by atoms with Gasteiger partial charge in [-0.3, -0.25) is 4.79 Å². The Morgan fingerprint density at radius 1 is 1.04 bits per heavy atom. The third-order valence-electron chi connectivity index (χ3n) is 12.6. The predicted octanol–water partition coefficient (Wildman–Crippen LogP) is 9.97. The Morgan fingerprint density at radius 3 is 2.47 bits per heavy atom. The fraction of sp³-hybridized carbons (Fsp3) is 0.872. The Kier molecular flexibility index (Phi) is 12.8. The summed E-state index contributed by atoms with van der Waals surface area (Å²) in [5, 5.41) is 3.52. The number of aryl methyl sites for hydroxylation is 1. The van der Waals surface area contributed by atoms with Crippen molar-refractivity contribution in [2.75, 3.05) is 6.54 Å². The monoisotopic (exact) mass is 639 g/mol. The van der Waals surface area contributed by atoms with Gasteiger partial charge < -0.3 is 9.74 Å². The van der Waals surface area contributed by atoms with Crippen LogP contribution < -0.4 is 5.32 Å². The summed E-state index contributed by atoms with van der Waals surface area (Å²) >= 11 is 0. The van der Waals surface area contributed by atoms with E-state index in [1.54, 1.807) is 6.33 Å². The van der Waals surface area contributed by atoms with Gasteiger partial charge in [-0.25, -0.2) is 9.97 Å². The number of carbonyl (C=O) groups is 1. The fourth-order valence-corrected chi connectivity index (χ4v) is 13.6. The second kappa shape index (κ2) is 15.7. The van der Waals surface area contributed by atoms with Crippen molar-refractivity contribution in [1.82, 2.24) is 15.3 Å². The van der Waals surface area contributed by atoms with E-state index in [1.165, 1.54) is 64.2 Å². The second-order valence-electron chi connectivity index (χ2n) is 17.5. The van der Waals surface area contributed by atoms with E-state index in [2.05, 4.69) is 77.6 Å². The standard InChI is InChI=1S/C39H68N3O2Si/c1-28(2)45(37(4,5)6)44-35-22-24-39(9)33-19-16-29(3)31(32(33)17-20-34(39)38(35,7)8)18-21-36(43)41-25-14-12-10-11-13-15-30-23-26-40-27-42-30/h23,26-29,31-35H,10-22,24-25H2,1-9H3,(H,41,43)/t29-,31-,32?,33?,34?,35+,39-/m1/s1. The maximum absolute atomic E-state index is 12.9. The van der Waals surface area contributed by atoms with Crippen LogP contribution in [0.4, 0.5) is 0 Å². The topological polar surface area (TPSA) is 64.1 Å². The third kappa shape index (κ3) is 9.00. The van der Waals surface area contributed by atoms with Crippen LogP contribution in [0, 0.1) is 40.4 Å². The number of carbonyl (C=O) groups excluding carboxylic acids is 1. The molecule has 1 radical (unpaired) electrons. The van der Waals surface area contributed by atoms with Gasteiger partial charge in [-0.2, -0.15) is 0 Å². The summed E-state index contributed by atoms with van der Waals surface area (Å²) in [6, 6.07) is 2.01. The van der Waals surface area contributed by atoms with Gasteiger partial charge in [0, 0.05) is 24.9 Å². The van der Waals surface area contributed by atoms with Crippen molar-refractivity contribution in [2.45, 2.75) is 169 Å². The molecule has 0 bridgehead atoms. The maximum atomic E-state index is 12.9. The summed E-state index contributed by atoms with van der Waals surface area (Å²) in [7, 11) is -0.922. The highest BCUT2D eigenvalue weighted by atomic mass is 28.3. The van der Waals surface area contributed by atoms with Crippen molar-refractivity contribution in [3.63, 3.8) is 0 Å². The predicted molar refractivity (Wildman–Crippen MR) is 189 cm³/mol. The first-order valence-corrected chi connectivity index (χ1v) is 20.3. The van der Waals surface area contributed by atoms with Gasteiger partial charge in [-0.05, 0) is 115 Å². The lowest BCUT2D eigenvalue weighted by molar-refractivity contribution is -0.166. The van der Waals surface area contributed by atoms with Gasteiger partial charge in [0.25, 0.3) is 0 Å². The molecule has 3 aliphatic carbocycles. The fourth-order valence-electron chi connectivity index (χ4n) is 10.5. The number of hydrogen-bond acceptors (Lipinski definition) is 4. The molecule has 0 aromatic carbocycles. The van der Waals surface area contributed by atoms with Crippen molar-refractivity contribution >= 4 is 14.9 Å². The van der Waals surface area contributed by atoms with E-state index in [9.17, 15) is 4.79 Å². The molecular weight excluding hydrogens is 571 g/mol. The summed E-state index contributed by atoms with van der Waals surface area (Å²) < 4.78 is 7.20. The quantitative estimate of drug-likeness (QED) is 0.163. The van der Waals surface area contributed by atoms with E-state index < -0.39 is 9.04 Å². The van der Waals surface area contributed by atoms with E-state index in [0.29, 0.717) is 29.4 Å². The van der Waals surface area contributed by atoms with Gasteiger partial charge in [0.15, 0.2) is 0 Å². The summed E-state index contributed by atoms with van der Waals surface area (Å²) in [5.41, 5.74) is 2.37. The van der Waals surface area contributed by atoms with Crippen molar-refractivity contribution in [3.05, 3.63) is 24.3 Å². The third-order valence-corrected chi connectivity index (χ3v) is 15.7. The van der Waals surface area contributed by atoms with Crippen LogP contribution >= 0.6 is 0 Å². The molecule has 5 nitrogen and oxygen atoms in total. The van der Waals surface area contributed by atoms with Crippen LogP contribution in [-0.4, -0.2) is 37.6 Å². The summed E-state index contributed by atoms with van der Waals surface area (Å²) in [4.78, 5) is 21.2. The summed E-state index contributed by atoms with van der Waals surface area (Å²) in [6.45, 7) is 23.0. The van der Waals surface area contributed by atoms with Crippen LogP contribution in [0.5, 0.6) is 0 Å². The lowest BCUT2D eigenvalue weighted by Gasteiger charge is -2.64. The zero-order valence-electron chi connectivity index (χ0n) is 30.6. The minimum absolute atomic E-state index is 0.212.